The minimum absolute atomic E-state index is 0.0225. The molecule has 0 aromatic carbocycles. The van der Waals surface area contributed by atoms with Crippen LogP contribution in [0.2, 0.25) is 0 Å². The molecule has 1 fully saturated rings. The highest BCUT2D eigenvalue weighted by Gasteiger charge is 2.44. The number of hydrogen-bond acceptors (Lipinski definition) is 7. The van der Waals surface area contributed by atoms with Crippen molar-refractivity contribution < 1.29 is 35.0 Å². The molecule has 2 aliphatic carbocycles. The average Bonchev–Trinajstić information content (AvgIpc) is 3.24. The van der Waals surface area contributed by atoms with Gasteiger partial charge in [-0.15, -0.1) is 0 Å². The summed E-state index contributed by atoms with van der Waals surface area (Å²) in [7, 11) is 0. The lowest BCUT2D eigenvalue weighted by Crippen LogP contribution is -2.59. The highest BCUT2D eigenvalue weighted by Crippen LogP contribution is 2.49. The maximum Gasteiger partial charge on any atom is 0.187 e. The van der Waals surface area contributed by atoms with E-state index in [1.165, 1.54) is 33.4 Å². The molecule has 0 bridgehead atoms. The lowest BCUT2D eigenvalue weighted by atomic mass is 9.60. The van der Waals surface area contributed by atoms with Gasteiger partial charge in [0.2, 0.25) is 0 Å². The van der Waals surface area contributed by atoms with Crippen molar-refractivity contribution in [2.45, 2.75) is 146 Å². The molecule has 64 heavy (non-hydrogen) atoms. The van der Waals surface area contributed by atoms with Crippen molar-refractivity contribution in [1.29, 1.82) is 0 Å². The fourth-order valence-corrected chi connectivity index (χ4v) is 9.08. The van der Waals surface area contributed by atoms with Gasteiger partial charge in [0.1, 0.15) is 24.4 Å². The lowest BCUT2D eigenvalue weighted by Gasteiger charge is -2.44. The molecule has 0 unspecified atom stereocenters. The maximum absolute atomic E-state index is 10.3. The molecule has 7 heteroatoms. The molecule has 1 saturated heterocycles. The van der Waals surface area contributed by atoms with Crippen LogP contribution in [0.1, 0.15) is 116 Å². The first-order valence-corrected chi connectivity index (χ1v) is 23.4. The Kier molecular flexibility index (Phi) is 22.1. The Bertz CT molecular complexity index is 1950. The molecular formula is C57H84O7. The van der Waals surface area contributed by atoms with E-state index in [4.69, 9.17) is 9.47 Å². The molecule has 1 aliphatic heterocycles. The molecule has 0 radical (unpaired) electrons. The molecule has 3 rings (SSSR count). The summed E-state index contributed by atoms with van der Waals surface area (Å²) in [5.74, 6) is 1.63. The van der Waals surface area contributed by atoms with E-state index in [0.29, 0.717) is 23.7 Å². The molecule has 0 saturated carbocycles. The minimum atomic E-state index is -1.45. The Morgan fingerprint density at radius 1 is 0.641 bits per heavy atom. The average molecular weight is 881 g/mol. The van der Waals surface area contributed by atoms with Crippen molar-refractivity contribution in [2.24, 2.45) is 34.5 Å². The molecule has 7 nitrogen and oxygen atoms in total. The van der Waals surface area contributed by atoms with E-state index >= 15 is 0 Å². The van der Waals surface area contributed by atoms with Gasteiger partial charge in [-0.1, -0.05) is 176 Å². The predicted octanol–water partition coefficient (Wildman–Crippen LogP) is 11.6. The monoisotopic (exact) mass is 881 g/mol. The summed E-state index contributed by atoms with van der Waals surface area (Å²) >= 11 is 0. The quantitative estimate of drug-likeness (QED) is 0.0647. The zero-order valence-corrected chi connectivity index (χ0v) is 41.5. The zero-order valence-electron chi connectivity index (χ0n) is 41.5. The molecule has 0 aromatic rings. The predicted molar refractivity (Wildman–Crippen MR) is 267 cm³/mol. The fraction of sp³-hybridized carbons (Fsp3) is 0.544. The summed E-state index contributed by atoms with van der Waals surface area (Å²) in [5.41, 5.74) is 11.1. The van der Waals surface area contributed by atoms with Crippen molar-refractivity contribution in [2.75, 3.05) is 19.8 Å². The van der Waals surface area contributed by atoms with E-state index in [2.05, 4.69) is 179 Å². The van der Waals surface area contributed by atoms with Crippen LogP contribution in [-0.4, -0.2) is 76.1 Å². The van der Waals surface area contributed by atoms with Gasteiger partial charge >= 0.3 is 0 Å². The van der Waals surface area contributed by atoms with Crippen LogP contribution in [-0.2, 0) is 9.47 Å². The summed E-state index contributed by atoms with van der Waals surface area (Å²) in [5, 5.41) is 49.5. The summed E-state index contributed by atoms with van der Waals surface area (Å²) in [6, 6.07) is 0. The highest BCUT2D eigenvalue weighted by atomic mass is 16.7. The highest BCUT2D eigenvalue weighted by molar-refractivity contribution is 5.34. The second-order valence-electron chi connectivity index (χ2n) is 20.0. The topological polar surface area (TPSA) is 120 Å². The van der Waals surface area contributed by atoms with Crippen LogP contribution in [0.3, 0.4) is 0 Å². The summed E-state index contributed by atoms with van der Waals surface area (Å²) in [6.45, 7) is 28.5. The van der Waals surface area contributed by atoms with E-state index < -0.39 is 37.3 Å². The van der Waals surface area contributed by atoms with Crippen LogP contribution < -0.4 is 0 Å². The van der Waals surface area contributed by atoms with E-state index in [0.717, 1.165) is 42.4 Å². The number of aliphatic hydroxyl groups excluding tert-OH is 5. The minimum Gasteiger partial charge on any atom is -0.394 e. The Labute approximate surface area is 387 Å². The molecule has 0 aromatic heterocycles. The van der Waals surface area contributed by atoms with Gasteiger partial charge in [-0.2, -0.15) is 0 Å². The van der Waals surface area contributed by atoms with Crippen molar-refractivity contribution >= 4 is 0 Å². The first-order valence-electron chi connectivity index (χ1n) is 23.4. The van der Waals surface area contributed by atoms with Gasteiger partial charge in [0.25, 0.3) is 0 Å². The zero-order chi connectivity index (χ0) is 47.8. The molecule has 0 amide bonds. The molecule has 354 valence electrons. The molecule has 9 atom stereocenters. The van der Waals surface area contributed by atoms with Crippen molar-refractivity contribution in [1.82, 2.24) is 0 Å². The summed E-state index contributed by atoms with van der Waals surface area (Å²) in [6.07, 6.45) is 35.0. The SMILES string of the molecule is CC1=CC[C@H](C/C=C(\C)CO[C@@H]2O[C@H](CO)[C@@H](O)[C@H](O)[C@H]2O)C(C)(C)[C@@H]1/C=C/C(C)=C/C=C/C(C)=C/C=C/C=C(C)/C=C/C=C(C)/C=C/[C@@H]1C(C)=CC[C@H](C/C(C)=C(\C)CO)C1(C)C. The molecule has 0 spiro atoms. The fourth-order valence-electron chi connectivity index (χ4n) is 9.08. The number of allylic oxidation sites excluding steroid dienone is 24. The van der Waals surface area contributed by atoms with Gasteiger partial charge < -0.3 is 35.0 Å². The van der Waals surface area contributed by atoms with Crippen LogP contribution in [0.5, 0.6) is 0 Å². The van der Waals surface area contributed by atoms with Gasteiger partial charge in [-0.3, -0.25) is 0 Å². The third kappa shape index (κ3) is 16.0. The van der Waals surface area contributed by atoms with Crippen LogP contribution in [0.15, 0.2) is 153 Å². The standard InChI is InChI=1S/C57H84O7/c1-38(18-14-15-19-39(2)21-17-23-41(4)26-33-50-44(7)28-31-48(57(50,12)13)34-45(8)46(9)35-58)20-16-22-40(3)25-32-49-43(6)27-30-47(56(49,10)11)29-24-42(5)37-63-55-54(62)53(61)52(60)51(36-59)64-55/h14-28,32-33,47-55,58-62H,29-31,34-37H2,1-13H3/b15-14+,20-16+,21-17+,32-25+,33-26+,38-18+,39-19+,40-22+,41-23+,42-24+,46-45+/t47-,48+,49+,50+,51+,52+,53-,54+,55+/m0/s1. The van der Waals surface area contributed by atoms with E-state index in [1.807, 2.05) is 13.8 Å². The Morgan fingerprint density at radius 3 is 1.61 bits per heavy atom. The molecule has 5 N–H and O–H groups in total. The number of aliphatic hydroxyl groups is 5. The molecule has 3 aliphatic rings. The number of ether oxygens (including phenoxy) is 2. The summed E-state index contributed by atoms with van der Waals surface area (Å²) in [4.78, 5) is 0. The Balaban J connectivity index is 1.51. The second-order valence-corrected chi connectivity index (χ2v) is 20.0. The third-order valence-corrected chi connectivity index (χ3v) is 14.1. The van der Waals surface area contributed by atoms with Crippen molar-refractivity contribution in [3.63, 3.8) is 0 Å². The normalized spacial score (nSPS) is 30.6. The Hall–Kier alpha value is -3.66. The van der Waals surface area contributed by atoms with Crippen LogP contribution in [0.4, 0.5) is 0 Å². The van der Waals surface area contributed by atoms with Crippen LogP contribution in [0, 0.1) is 34.5 Å². The maximum atomic E-state index is 10.3. The first-order chi connectivity index (χ1) is 30.1. The number of hydrogen-bond donors (Lipinski definition) is 5. The third-order valence-electron chi connectivity index (χ3n) is 14.1. The van der Waals surface area contributed by atoms with Gasteiger partial charge in [-0.05, 0) is 116 Å². The van der Waals surface area contributed by atoms with Crippen LogP contribution in [0.25, 0.3) is 0 Å². The van der Waals surface area contributed by atoms with E-state index in [-0.39, 0.29) is 24.0 Å². The largest absolute Gasteiger partial charge is 0.394 e. The van der Waals surface area contributed by atoms with Gasteiger partial charge in [0.15, 0.2) is 6.29 Å². The van der Waals surface area contributed by atoms with Gasteiger partial charge in [0, 0.05) is 11.8 Å². The van der Waals surface area contributed by atoms with Gasteiger partial charge in [-0.25, -0.2) is 0 Å². The summed E-state index contributed by atoms with van der Waals surface area (Å²) < 4.78 is 11.3. The lowest BCUT2D eigenvalue weighted by molar-refractivity contribution is -0.299. The van der Waals surface area contributed by atoms with Crippen molar-refractivity contribution in [3.05, 3.63) is 153 Å². The van der Waals surface area contributed by atoms with E-state index in [1.54, 1.807) is 0 Å². The van der Waals surface area contributed by atoms with Gasteiger partial charge in [0.05, 0.1) is 19.8 Å². The second kappa shape index (κ2) is 25.9. The smallest absolute Gasteiger partial charge is 0.187 e. The van der Waals surface area contributed by atoms with E-state index in [9.17, 15) is 25.5 Å². The number of rotatable bonds is 19. The van der Waals surface area contributed by atoms with Crippen LogP contribution >= 0.6 is 0 Å². The van der Waals surface area contributed by atoms with Crippen molar-refractivity contribution in [3.8, 4) is 0 Å². The molecule has 1 heterocycles. The first kappa shape index (κ1) is 54.7. The molecular weight excluding hydrogens is 797 g/mol. The Morgan fingerprint density at radius 2 is 1.11 bits per heavy atom.